The van der Waals surface area contributed by atoms with Gasteiger partial charge in [-0.3, -0.25) is 0 Å². The molecular weight excluding hydrogens is 420 g/mol. The van der Waals surface area contributed by atoms with Crippen LogP contribution < -0.4 is 0 Å². The quantitative estimate of drug-likeness (QED) is 0.395. The highest BCUT2D eigenvalue weighted by molar-refractivity contribution is 8.19. The minimum Gasteiger partial charge on any atom is -0.467 e. The molecule has 0 spiro atoms. The summed E-state index contributed by atoms with van der Waals surface area (Å²) in [5, 5.41) is 22.4. The molecule has 2 rings (SSSR count). The number of rotatable bonds is 9. The second kappa shape index (κ2) is 9.60. The summed E-state index contributed by atoms with van der Waals surface area (Å²) in [6, 6.07) is 0. The molecule has 2 heterocycles. The van der Waals surface area contributed by atoms with Crippen LogP contribution in [0.3, 0.4) is 0 Å². The first-order valence-corrected chi connectivity index (χ1v) is 11.8. The first kappa shape index (κ1) is 25.2. The molecule has 0 aliphatic carbocycles. The second-order valence-corrected chi connectivity index (χ2v) is 11.2. The van der Waals surface area contributed by atoms with Crippen LogP contribution in [0.2, 0.25) is 0 Å². The van der Waals surface area contributed by atoms with Gasteiger partial charge >= 0.3 is 5.97 Å². The fourth-order valence-corrected chi connectivity index (χ4v) is 6.57. The lowest BCUT2D eigenvalue weighted by Crippen LogP contribution is -2.57. The number of thioether (sulfide) groups is 2. The first-order chi connectivity index (χ1) is 13.4. The van der Waals surface area contributed by atoms with Crippen LogP contribution in [0.15, 0.2) is 0 Å². The lowest BCUT2D eigenvalue weighted by atomic mass is 9.97. The van der Waals surface area contributed by atoms with E-state index in [-0.39, 0.29) is 6.61 Å². The van der Waals surface area contributed by atoms with Crippen LogP contribution >= 0.6 is 23.5 Å². The smallest absolute Gasteiger partial charge is 0.335 e. The monoisotopic (exact) mass is 454 g/mol. The van der Waals surface area contributed by atoms with Crippen LogP contribution in [0.1, 0.15) is 41.5 Å². The van der Waals surface area contributed by atoms with Gasteiger partial charge in [-0.25, -0.2) is 4.79 Å². The van der Waals surface area contributed by atoms with Crippen molar-refractivity contribution in [1.29, 1.82) is 0 Å². The molecule has 0 aromatic rings. The summed E-state index contributed by atoms with van der Waals surface area (Å²) in [6.07, 6.45) is -4.94. The topological polar surface area (TPSA) is 104 Å². The zero-order valence-corrected chi connectivity index (χ0v) is 19.8. The standard InChI is InChI=1S/C19H34O8S2/c1-8-28-19(29-9-2,16(22)23-7)15(21)14-13(26-18(5,6)27-14)12(20)11-10-24-17(3,4)25-11/h11-15,20-21H,8-10H2,1-7H3/t11-,12-,13-,14+,15-/m1/s1. The normalized spacial score (nSPS) is 30.9. The second-order valence-electron chi connectivity index (χ2n) is 7.89. The van der Waals surface area contributed by atoms with E-state index in [2.05, 4.69) is 0 Å². The number of carbonyl (C=O) groups is 1. The Balaban J connectivity index is 2.35. The highest BCUT2D eigenvalue weighted by atomic mass is 32.2. The van der Waals surface area contributed by atoms with E-state index in [0.29, 0.717) is 11.5 Å². The molecule has 0 aromatic carbocycles. The predicted octanol–water partition coefficient (Wildman–Crippen LogP) is 1.76. The predicted molar refractivity (Wildman–Crippen MR) is 112 cm³/mol. The van der Waals surface area contributed by atoms with E-state index in [0.717, 1.165) is 0 Å². The summed E-state index contributed by atoms with van der Waals surface area (Å²) in [4.78, 5) is 12.8. The molecule has 2 N–H and O–H groups in total. The van der Waals surface area contributed by atoms with Crippen molar-refractivity contribution in [3.05, 3.63) is 0 Å². The summed E-state index contributed by atoms with van der Waals surface area (Å²) >= 11 is 2.57. The third kappa shape index (κ3) is 5.41. The fraction of sp³-hybridized carbons (Fsp3) is 0.947. The van der Waals surface area contributed by atoms with Gasteiger partial charge in [-0.05, 0) is 39.2 Å². The average Bonchev–Trinajstić information content (AvgIpc) is 3.17. The average molecular weight is 455 g/mol. The van der Waals surface area contributed by atoms with Crippen molar-refractivity contribution in [2.45, 2.75) is 87.7 Å². The zero-order chi connectivity index (χ0) is 22.0. The maximum atomic E-state index is 12.8. The van der Waals surface area contributed by atoms with E-state index in [4.69, 9.17) is 23.7 Å². The third-order valence-electron chi connectivity index (χ3n) is 4.80. The van der Waals surface area contributed by atoms with E-state index < -0.39 is 52.1 Å². The minimum atomic E-state index is -1.31. The van der Waals surface area contributed by atoms with Gasteiger partial charge in [-0.15, -0.1) is 23.5 Å². The number of aliphatic hydroxyl groups excluding tert-OH is 2. The Morgan fingerprint density at radius 3 is 2.07 bits per heavy atom. The molecule has 170 valence electrons. The van der Waals surface area contributed by atoms with Gasteiger partial charge in [0, 0.05) is 0 Å². The molecule has 2 saturated heterocycles. The molecule has 2 aliphatic heterocycles. The lowest BCUT2D eigenvalue weighted by molar-refractivity contribution is -0.179. The van der Waals surface area contributed by atoms with E-state index in [1.54, 1.807) is 27.7 Å². The Hall–Kier alpha value is -0.0700. The molecule has 10 heteroatoms. The van der Waals surface area contributed by atoms with Gasteiger partial charge in [0.1, 0.15) is 30.5 Å². The van der Waals surface area contributed by atoms with Gasteiger partial charge in [0.2, 0.25) is 0 Å². The molecule has 2 fully saturated rings. The number of aliphatic hydroxyl groups is 2. The van der Waals surface area contributed by atoms with Crippen molar-refractivity contribution in [2.75, 3.05) is 25.2 Å². The van der Waals surface area contributed by atoms with E-state index in [1.165, 1.54) is 30.6 Å². The van der Waals surface area contributed by atoms with E-state index >= 15 is 0 Å². The number of hydrogen-bond acceptors (Lipinski definition) is 10. The Bertz CT molecular complexity index is 564. The molecule has 0 saturated carbocycles. The maximum Gasteiger partial charge on any atom is 0.335 e. The first-order valence-electron chi connectivity index (χ1n) is 9.83. The van der Waals surface area contributed by atoms with Crippen molar-refractivity contribution in [1.82, 2.24) is 0 Å². The van der Waals surface area contributed by atoms with Crippen LogP contribution in [0.4, 0.5) is 0 Å². The minimum absolute atomic E-state index is 0.187. The number of carbonyl (C=O) groups excluding carboxylic acids is 1. The molecular formula is C19H34O8S2. The van der Waals surface area contributed by atoms with Gasteiger partial charge in [0.05, 0.1) is 13.7 Å². The molecule has 2 aliphatic rings. The van der Waals surface area contributed by atoms with Crippen LogP contribution in [-0.4, -0.2) is 87.6 Å². The number of ether oxygens (including phenoxy) is 5. The maximum absolute atomic E-state index is 12.8. The number of esters is 1. The molecule has 0 aromatic heterocycles. The third-order valence-corrected chi connectivity index (χ3v) is 7.76. The van der Waals surface area contributed by atoms with Crippen molar-refractivity contribution in [3.8, 4) is 0 Å². The van der Waals surface area contributed by atoms with Gasteiger partial charge in [0.25, 0.3) is 0 Å². The van der Waals surface area contributed by atoms with Gasteiger partial charge in [-0.2, -0.15) is 0 Å². The molecule has 29 heavy (non-hydrogen) atoms. The number of hydrogen-bond donors (Lipinski definition) is 2. The van der Waals surface area contributed by atoms with E-state index in [9.17, 15) is 15.0 Å². The van der Waals surface area contributed by atoms with Crippen LogP contribution in [0, 0.1) is 0 Å². The van der Waals surface area contributed by atoms with E-state index in [1.807, 2.05) is 13.8 Å². The summed E-state index contributed by atoms with van der Waals surface area (Å²) in [7, 11) is 1.30. The molecule has 8 nitrogen and oxygen atoms in total. The van der Waals surface area contributed by atoms with Crippen molar-refractivity contribution in [3.63, 3.8) is 0 Å². The van der Waals surface area contributed by atoms with Crippen molar-refractivity contribution >= 4 is 29.5 Å². The Labute approximate surface area is 181 Å². The molecule has 0 unspecified atom stereocenters. The number of methoxy groups -OCH3 is 1. The summed E-state index contributed by atoms with van der Waals surface area (Å²) < 4.78 is 27.0. The van der Waals surface area contributed by atoms with Gasteiger partial charge < -0.3 is 33.9 Å². The van der Waals surface area contributed by atoms with Crippen LogP contribution in [0.25, 0.3) is 0 Å². The van der Waals surface area contributed by atoms with Crippen molar-refractivity contribution in [2.24, 2.45) is 0 Å². The van der Waals surface area contributed by atoms with Gasteiger partial charge in [0.15, 0.2) is 15.7 Å². The van der Waals surface area contributed by atoms with Crippen LogP contribution in [-0.2, 0) is 28.5 Å². The Kier molecular flexibility index (Phi) is 8.34. The largest absolute Gasteiger partial charge is 0.467 e. The molecule has 0 bridgehead atoms. The SMILES string of the molecule is CCSC(SCC)(C(=O)OC)[C@H](O)[C@H]1OC(C)(C)O[C@@H]1[C@H](O)[C@H]1COC(C)(C)O1. The Morgan fingerprint density at radius 1 is 1.07 bits per heavy atom. The molecule has 0 radical (unpaired) electrons. The zero-order valence-electron chi connectivity index (χ0n) is 18.2. The summed E-state index contributed by atoms with van der Waals surface area (Å²) in [5.74, 6) is -1.26. The fourth-order valence-electron chi connectivity index (χ4n) is 3.66. The highest BCUT2D eigenvalue weighted by Gasteiger charge is 2.59. The van der Waals surface area contributed by atoms with Crippen LogP contribution in [0.5, 0.6) is 0 Å². The summed E-state index contributed by atoms with van der Waals surface area (Å²) in [5.41, 5.74) is 0. The molecule has 5 atom stereocenters. The van der Waals surface area contributed by atoms with Crippen molar-refractivity contribution < 1.29 is 38.7 Å². The lowest BCUT2D eigenvalue weighted by Gasteiger charge is -2.38. The highest BCUT2D eigenvalue weighted by Crippen LogP contribution is 2.46. The molecule has 0 amide bonds. The Morgan fingerprint density at radius 2 is 1.62 bits per heavy atom. The summed E-state index contributed by atoms with van der Waals surface area (Å²) in [6.45, 7) is 10.9. The van der Waals surface area contributed by atoms with Gasteiger partial charge in [-0.1, -0.05) is 13.8 Å².